The Bertz CT molecular complexity index is 733. The predicted molar refractivity (Wildman–Crippen MR) is 80.0 cm³/mol. The molecular formula is C12H15ClN4O2S. The average Bonchev–Trinajstić information content (AvgIpc) is 2.38. The Hall–Kier alpha value is -1.44. The molecule has 0 radical (unpaired) electrons. The summed E-state index contributed by atoms with van der Waals surface area (Å²) in [4.78, 5) is 8.31. The van der Waals surface area contributed by atoms with Crippen LogP contribution in [0.1, 0.15) is 13.8 Å². The van der Waals surface area contributed by atoms with E-state index in [0.717, 1.165) is 0 Å². The van der Waals surface area contributed by atoms with Crippen molar-refractivity contribution in [3.63, 3.8) is 0 Å². The van der Waals surface area contributed by atoms with Crippen LogP contribution >= 0.6 is 11.6 Å². The van der Waals surface area contributed by atoms with Crippen LogP contribution in [0.2, 0.25) is 5.15 Å². The first-order chi connectivity index (χ1) is 9.31. The molecule has 8 heteroatoms. The van der Waals surface area contributed by atoms with Gasteiger partial charge in [0, 0.05) is 13.1 Å². The Kier molecular flexibility index (Phi) is 4.12. The van der Waals surface area contributed by atoms with Gasteiger partial charge in [-0.3, -0.25) is 4.72 Å². The highest BCUT2D eigenvalue weighted by molar-refractivity contribution is 7.90. The summed E-state index contributed by atoms with van der Waals surface area (Å²) >= 11 is 5.97. The Balaban J connectivity index is 2.41. The number of hydrogen-bond donors (Lipinski definition) is 1. The number of rotatable bonds is 4. The molecular weight excluding hydrogens is 300 g/mol. The van der Waals surface area contributed by atoms with Gasteiger partial charge in [-0.15, -0.1) is 0 Å². The molecule has 0 atom stereocenters. The van der Waals surface area contributed by atoms with Gasteiger partial charge in [-0.2, -0.15) is 12.7 Å². The van der Waals surface area contributed by atoms with Gasteiger partial charge in [0.05, 0.1) is 11.0 Å². The van der Waals surface area contributed by atoms with E-state index >= 15 is 0 Å². The van der Waals surface area contributed by atoms with Crippen molar-refractivity contribution in [3.05, 3.63) is 29.4 Å². The van der Waals surface area contributed by atoms with Crippen molar-refractivity contribution in [2.24, 2.45) is 0 Å². The Morgan fingerprint density at radius 1 is 1.20 bits per heavy atom. The third kappa shape index (κ3) is 3.00. The fourth-order valence-corrected chi connectivity index (χ4v) is 2.84. The number of aromatic nitrogens is 2. The average molecular weight is 315 g/mol. The van der Waals surface area contributed by atoms with E-state index in [1.807, 2.05) is 6.07 Å². The number of hydrogen-bond acceptors (Lipinski definition) is 4. The highest BCUT2D eigenvalue weighted by Gasteiger charge is 2.22. The second-order valence-electron chi connectivity index (χ2n) is 4.57. The van der Waals surface area contributed by atoms with E-state index in [4.69, 9.17) is 11.6 Å². The number of fused-ring (bicyclic) bond motifs is 1. The molecule has 0 aliphatic carbocycles. The summed E-state index contributed by atoms with van der Waals surface area (Å²) in [7, 11) is -2.23. The number of nitrogens with one attached hydrogen (secondary N) is 1. The lowest BCUT2D eigenvalue weighted by Crippen LogP contribution is -2.37. The largest absolute Gasteiger partial charge is 0.302 e. The molecule has 6 nitrogen and oxygen atoms in total. The van der Waals surface area contributed by atoms with Gasteiger partial charge in [-0.1, -0.05) is 23.7 Å². The van der Waals surface area contributed by atoms with Gasteiger partial charge in [-0.05, 0) is 26.0 Å². The fraction of sp³-hybridized carbons (Fsp3) is 0.333. The van der Waals surface area contributed by atoms with E-state index in [1.165, 1.54) is 11.4 Å². The van der Waals surface area contributed by atoms with Crippen LogP contribution in [0.5, 0.6) is 0 Å². The zero-order valence-corrected chi connectivity index (χ0v) is 12.9. The molecule has 0 amide bonds. The van der Waals surface area contributed by atoms with E-state index in [2.05, 4.69) is 14.7 Å². The van der Waals surface area contributed by atoms with Gasteiger partial charge >= 0.3 is 10.2 Å². The second kappa shape index (κ2) is 5.51. The molecule has 0 aliphatic rings. The number of halogens is 1. The van der Waals surface area contributed by atoms with Crippen molar-refractivity contribution in [2.45, 2.75) is 19.9 Å². The minimum Gasteiger partial charge on any atom is -0.252 e. The van der Waals surface area contributed by atoms with Gasteiger partial charge < -0.3 is 0 Å². The molecule has 0 unspecified atom stereocenters. The lowest BCUT2D eigenvalue weighted by molar-refractivity contribution is 0.414. The highest BCUT2D eigenvalue weighted by Crippen LogP contribution is 2.22. The van der Waals surface area contributed by atoms with Crippen molar-refractivity contribution >= 4 is 38.7 Å². The minimum atomic E-state index is -3.71. The van der Waals surface area contributed by atoms with Gasteiger partial charge in [0.25, 0.3) is 0 Å². The van der Waals surface area contributed by atoms with Gasteiger partial charge in [0.2, 0.25) is 0 Å². The van der Waals surface area contributed by atoms with E-state index in [9.17, 15) is 8.42 Å². The van der Waals surface area contributed by atoms with E-state index in [1.54, 1.807) is 32.0 Å². The van der Waals surface area contributed by atoms with Crippen molar-refractivity contribution in [3.8, 4) is 0 Å². The third-order valence-electron chi connectivity index (χ3n) is 2.86. The summed E-state index contributed by atoms with van der Waals surface area (Å²) in [6, 6.07) is 6.92. The maximum atomic E-state index is 12.1. The smallest absolute Gasteiger partial charge is 0.252 e. The number of para-hydroxylation sites is 2. The first-order valence-corrected chi connectivity index (χ1v) is 7.81. The fourth-order valence-electron chi connectivity index (χ4n) is 1.52. The van der Waals surface area contributed by atoms with E-state index in [0.29, 0.717) is 11.0 Å². The molecule has 20 heavy (non-hydrogen) atoms. The molecule has 2 aromatic rings. The SMILES string of the molecule is CC(C)N(C)S(=O)(=O)Nc1nc2ccccc2nc1Cl. The van der Waals surface area contributed by atoms with E-state index < -0.39 is 10.2 Å². The zero-order chi connectivity index (χ0) is 14.9. The van der Waals surface area contributed by atoms with Crippen LogP contribution in [0.15, 0.2) is 24.3 Å². The van der Waals surface area contributed by atoms with E-state index in [-0.39, 0.29) is 17.0 Å². The topological polar surface area (TPSA) is 75.2 Å². The maximum Gasteiger partial charge on any atom is 0.302 e. The number of anilines is 1. The van der Waals surface area contributed by atoms with Crippen molar-refractivity contribution < 1.29 is 8.42 Å². The lowest BCUT2D eigenvalue weighted by atomic mass is 10.3. The number of nitrogens with zero attached hydrogens (tertiary/aromatic N) is 3. The Morgan fingerprint density at radius 3 is 2.30 bits per heavy atom. The molecule has 0 bridgehead atoms. The molecule has 0 saturated heterocycles. The normalized spacial score (nSPS) is 12.3. The lowest BCUT2D eigenvalue weighted by Gasteiger charge is -2.21. The van der Waals surface area contributed by atoms with Crippen LogP contribution in [0.3, 0.4) is 0 Å². The van der Waals surface area contributed by atoms with Crippen LogP contribution in [0, 0.1) is 0 Å². The van der Waals surface area contributed by atoms with Crippen molar-refractivity contribution in [1.82, 2.24) is 14.3 Å². The molecule has 0 aliphatic heterocycles. The summed E-state index contributed by atoms with van der Waals surface area (Å²) in [5.41, 5.74) is 1.18. The monoisotopic (exact) mass is 314 g/mol. The summed E-state index contributed by atoms with van der Waals surface area (Å²) in [6.07, 6.45) is 0. The number of benzene rings is 1. The van der Waals surface area contributed by atoms with Gasteiger partial charge in [0.15, 0.2) is 11.0 Å². The summed E-state index contributed by atoms with van der Waals surface area (Å²) < 4.78 is 27.8. The second-order valence-corrected chi connectivity index (χ2v) is 6.66. The molecule has 0 fully saturated rings. The Morgan fingerprint density at radius 2 is 1.75 bits per heavy atom. The first kappa shape index (κ1) is 15.0. The van der Waals surface area contributed by atoms with Crippen LogP contribution < -0.4 is 4.72 Å². The maximum absolute atomic E-state index is 12.1. The Labute approximate surface area is 123 Å². The van der Waals surface area contributed by atoms with Crippen LogP contribution in [0.25, 0.3) is 11.0 Å². The van der Waals surface area contributed by atoms with Crippen LogP contribution in [0.4, 0.5) is 5.82 Å². The third-order valence-corrected chi connectivity index (χ3v) is 4.75. The quantitative estimate of drug-likeness (QED) is 0.939. The molecule has 1 heterocycles. The standard InChI is InChI=1S/C12H15ClN4O2S/c1-8(2)17(3)20(18,19)16-12-11(13)14-9-6-4-5-7-10(9)15-12/h4-8H,1-3H3,(H,15,16). The minimum absolute atomic E-state index is 0.0180. The molecule has 2 rings (SSSR count). The van der Waals surface area contributed by atoms with Crippen molar-refractivity contribution in [1.29, 1.82) is 0 Å². The molecule has 1 aromatic heterocycles. The summed E-state index contributed by atoms with van der Waals surface area (Å²) in [6.45, 7) is 3.54. The van der Waals surface area contributed by atoms with Crippen LogP contribution in [-0.4, -0.2) is 35.8 Å². The summed E-state index contributed by atoms with van der Waals surface area (Å²) in [5.74, 6) is 0.0258. The van der Waals surface area contributed by atoms with Gasteiger partial charge in [-0.25, -0.2) is 9.97 Å². The molecule has 1 N–H and O–H groups in total. The zero-order valence-electron chi connectivity index (χ0n) is 11.3. The molecule has 1 aromatic carbocycles. The highest BCUT2D eigenvalue weighted by atomic mass is 35.5. The first-order valence-electron chi connectivity index (χ1n) is 5.99. The molecule has 108 valence electrons. The molecule has 0 spiro atoms. The van der Waals surface area contributed by atoms with Crippen molar-refractivity contribution in [2.75, 3.05) is 11.8 Å². The molecule has 0 saturated carbocycles. The summed E-state index contributed by atoms with van der Waals surface area (Å²) in [5, 5.41) is 0.0180. The van der Waals surface area contributed by atoms with Gasteiger partial charge in [0.1, 0.15) is 0 Å². The predicted octanol–water partition coefficient (Wildman–Crippen LogP) is 2.28. The van der Waals surface area contributed by atoms with Crippen LogP contribution in [-0.2, 0) is 10.2 Å².